The van der Waals surface area contributed by atoms with Gasteiger partial charge in [0.15, 0.2) is 5.78 Å². The van der Waals surface area contributed by atoms with Crippen LogP contribution in [-0.4, -0.2) is 17.5 Å². The predicted molar refractivity (Wildman–Crippen MR) is 149 cm³/mol. The molecule has 188 valence electrons. The molecule has 0 saturated heterocycles. The van der Waals surface area contributed by atoms with Gasteiger partial charge in [-0.25, -0.2) is 0 Å². The summed E-state index contributed by atoms with van der Waals surface area (Å²) in [6.07, 6.45) is 6.96. The summed E-state index contributed by atoms with van der Waals surface area (Å²) in [5.41, 5.74) is 4.21. The van der Waals surface area contributed by atoms with Crippen LogP contribution in [-0.2, 0) is 5.41 Å². The minimum absolute atomic E-state index is 0.0412. The van der Waals surface area contributed by atoms with Crippen molar-refractivity contribution < 1.29 is 14.6 Å². The van der Waals surface area contributed by atoms with E-state index in [1.54, 1.807) is 12.1 Å². The van der Waals surface area contributed by atoms with E-state index in [0.29, 0.717) is 23.5 Å². The molecular formula is C34H34O3. The van der Waals surface area contributed by atoms with Crippen molar-refractivity contribution in [3.8, 4) is 11.5 Å². The van der Waals surface area contributed by atoms with Crippen molar-refractivity contribution in [3.63, 3.8) is 0 Å². The number of carbonyl (C=O) groups excluding carboxylic acids is 1. The highest BCUT2D eigenvalue weighted by Gasteiger charge is 2.48. The van der Waals surface area contributed by atoms with Gasteiger partial charge < -0.3 is 9.84 Å². The molecule has 3 nitrogen and oxygen atoms in total. The van der Waals surface area contributed by atoms with Gasteiger partial charge in [0.2, 0.25) is 0 Å². The number of ether oxygens (including phenoxy) is 1. The summed E-state index contributed by atoms with van der Waals surface area (Å²) in [6.45, 7) is 2.76. The molecule has 0 aromatic heterocycles. The van der Waals surface area contributed by atoms with Gasteiger partial charge in [-0.1, -0.05) is 124 Å². The Hall–Kier alpha value is -3.85. The maximum absolute atomic E-state index is 13.9. The molecular weight excluding hydrogens is 456 g/mol. The quantitative estimate of drug-likeness (QED) is 0.201. The normalized spacial score (nSPS) is 13.6. The molecule has 5 rings (SSSR count). The van der Waals surface area contributed by atoms with Gasteiger partial charge in [-0.05, 0) is 29.2 Å². The zero-order valence-corrected chi connectivity index (χ0v) is 21.5. The Kier molecular flexibility index (Phi) is 7.41. The molecule has 3 heteroatoms. The van der Waals surface area contributed by atoms with E-state index in [9.17, 15) is 9.90 Å². The maximum atomic E-state index is 13.9. The summed E-state index contributed by atoms with van der Waals surface area (Å²) in [6, 6.07) is 31.8. The van der Waals surface area contributed by atoms with Crippen molar-refractivity contribution in [1.29, 1.82) is 0 Å². The average molecular weight is 491 g/mol. The molecule has 1 aliphatic carbocycles. The van der Waals surface area contributed by atoms with Crippen molar-refractivity contribution >= 4 is 5.78 Å². The number of carbonyl (C=O) groups is 1. The van der Waals surface area contributed by atoms with Gasteiger partial charge in [0, 0.05) is 22.8 Å². The van der Waals surface area contributed by atoms with Crippen molar-refractivity contribution in [2.75, 3.05) is 6.61 Å². The molecule has 0 heterocycles. The Morgan fingerprint density at radius 3 is 1.97 bits per heavy atom. The van der Waals surface area contributed by atoms with Gasteiger partial charge in [-0.3, -0.25) is 4.79 Å². The van der Waals surface area contributed by atoms with Gasteiger partial charge in [-0.2, -0.15) is 0 Å². The standard InChI is InChI=1S/C34H34O3/c1-2-3-4-5-6-15-22-37-31-24-27(35)23-29-32(31)34(25-16-9-7-10-17-25,26-18-11-8-12-19-26)30-21-14-13-20-28(30)33(29)36/h7-14,16-21,23-24,35H,2-6,15,22H2,1H3. The zero-order valence-electron chi connectivity index (χ0n) is 21.5. The number of hydrogen-bond acceptors (Lipinski definition) is 3. The van der Waals surface area contributed by atoms with Gasteiger partial charge in [0.05, 0.1) is 12.0 Å². The number of hydrogen-bond donors (Lipinski definition) is 1. The first-order valence-corrected chi connectivity index (χ1v) is 13.4. The number of phenolic OH excluding ortho intramolecular Hbond substituents is 1. The molecule has 0 saturated carbocycles. The van der Waals surface area contributed by atoms with E-state index in [-0.39, 0.29) is 11.5 Å². The zero-order chi connectivity index (χ0) is 25.7. The molecule has 0 amide bonds. The van der Waals surface area contributed by atoms with Crippen LogP contribution in [0.25, 0.3) is 0 Å². The van der Waals surface area contributed by atoms with E-state index in [1.807, 2.05) is 54.6 Å². The van der Waals surface area contributed by atoms with E-state index >= 15 is 0 Å². The first-order valence-electron chi connectivity index (χ1n) is 13.4. The summed E-state index contributed by atoms with van der Waals surface area (Å²) < 4.78 is 6.44. The van der Waals surface area contributed by atoms with E-state index in [4.69, 9.17) is 4.74 Å². The van der Waals surface area contributed by atoms with E-state index in [1.165, 1.54) is 25.7 Å². The van der Waals surface area contributed by atoms with E-state index in [2.05, 4.69) is 37.3 Å². The van der Waals surface area contributed by atoms with Crippen LogP contribution in [0.2, 0.25) is 0 Å². The summed E-state index contributed by atoms with van der Waals surface area (Å²) >= 11 is 0. The Labute approximate surface area is 219 Å². The molecule has 0 unspecified atom stereocenters. The second kappa shape index (κ2) is 11.0. The van der Waals surface area contributed by atoms with Gasteiger partial charge in [0.25, 0.3) is 0 Å². The number of phenols is 1. The highest BCUT2D eigenvalue weighted by Crippen LogP contribution is 2.54. The molecule has 0 aliphatic heterocycles. The lowest BCUT2D eigenvalue weighted by molar-refractivity contribution is 0.103. The number of ketones is 1. The van der Waals surface area contributed by atoms with Crippen LogP contribution in [0, 0.1) is 0 Å². The van der Waals surface area contributed by atoms with Crippen LogP contribution in [0.15, 0.2) is 97.1 Å². The third kappa shape index (κ3) is 4.55. The number of unbranched alkanes of at least 4 members (excludes halogenated alkanes) is 5. The van der Waals surface area contributed by atoms with Crippen LogP contribution < -0.4 is 4.74 Å². The largest absolute Gasteiger partial charge is 0.508 e. The highest BCUT2D eigenvalue weighted by molar-refractivity contribution is 6.14. The molecule has 0 fully saturated rings. The van der Waals surface area contributed by atoms with Crippen molar-refractivity contribution in [2.45, 2.75) is 50.9 Å². The van der Waals surface area contributed by atoms with Crippen LogP contribution in [0.3, 0.4) is 0 Å². The lowest BCUT2D eigenvalue weighted by atomic mass is 9.59. The lowest BCUT2D eigenvalue weighted by Gasteiger charge is -2.42. The van der Waals surface area contributed by atoms with Crippen LogP contribution in [0.5, 0.6) is 11.5 Å². The van der Waals surface area contributed by atoms with Crippen LogP contribution >= 0.6 is 0 Å². The molecule has 0 radical (unpaired) electrons. The minimum Gasteiger partial charge on any atom is -0.508 e. The first kappa shape index (κ1) is 24.8. The highest BCUT2D eigenvalue weighted by atomic mass is 16.5. The number of benzene rings is 4. The van der Waals surface area contributed by atoms with Crippen molar-refractivity contribution in [1.82, 2.24) is 0 Å². The molecule has 4 aromatic carbocycles. The van der Waals surface area contributed by atoms with E-state index < -0.39 is 5.41 Å². The Balaban J connectivity index is 1.71. The second-order valence-electron chi connectivity index (χ2n) is 9.84. The molecule has 0 atom stereocenters. The Morgan fingerprint density at radius 2 is 1.30 bits per heavy atom. The summed E-state index contributed by atoms with van der Waals surface area (Å²) in [5.74, 6) is 0.520. The number of aromatic hydroxyl groups is 1. The third-order valence-corrected chi connectivity index (χ3v) is 7.45. The topological polar surface area (TPSA) is 46.5 Å². The van der Waals surface area contributed by atoms with Crippen molar-refractivity contribution in [2.24, 2.45) is 0 Å². The smallest absolute Gasteiger partial charge is 0.193 e. The van der Waals surface area contributed by atoms with E-state index in [0.717, 1.165) is 35.1 Å². The van der Waals surface area contributed by atoms with Gasteiger partial charge in [-0.15, -0.1) is 0 Å². The fraction of sp³-hybridized carbons (Fsp3) is 0.265. The van der Waals surface area contributed by atoms with Crippen LogP contribution in [0.1, 0.15) is 83.6 Å². The summed E-state index contributed by atoms with van der Waals surface area (Å²) in [4.78, 5) is 13.9. The second-order valence-corrected chi connectivity index (χ2v) is 9.84. The first-order chi connectivity index (χ1) is 18.2. The average Bonchev–Trinajstić information content (AvgIpc) is 2.94. The fourth-order valence-electron chi connectivity index (χ4n) is 5.78. The molecule has 0 spiro atoms. The van der Waals surface area contributed by atoms with Crippen LogP contribution in [0.4, 0.5) is 0 Å². The Morgan fingerprint density at radius 1 is 0.703 bits per heavy atom. The summed E-state index contributed by atoms with van der Waals surface area (Å²) in [7, 11) is 0. The molecule has 1 aliphatic rings. The number of fused-ring (bicyclic) bond motifs is 2. The predicted octanol–water partition coefficient (Wildman–Crippen LogP) is 8.06. The lowest BCUT2D eigenvalue weighted by Crippen LogP contribution is -2.38. The fourth-order valence-corrected chi connectivity index (χ4v) is 5.78. The maximum Gasteiger partial charge on any atom is 0.193 e. The Bertz CT molecular complexity index is 1320. The molecule has 1 N–H and O–H groups in total. The molecule has 0 bridgehead atoms. The van der Waals surface area contributed by atoms with Gasteiger partial charge in [0.1, 0.15) is 11.5 Å². The third-order valence-electron chi connectivity index (χ3n) is 7.45. The monoisotopic (exact) mass is 490 g/mol. The molecule has 37 heavy (non-hydrogen) atoms. The minimum atomic E-state index is -0.771. The van der Waals surface area contributed by atoms with Crippen molar-refractivity contribution in [3.05, 3.63) is 130 Å². The van der Waals surface area contributed by atoms with Gasteiger partial charge >= 0.3 is 0 Å². The molecule has 4 aromatic rings. The summed E-state index contributed by atoms with van der Waals surface area (Å²) in [5, 5.41) is 10.7. The number of rotatable bonds is 10. The SMILES string of the molecule is CCCCCCCCOc1cc(O)cc2c1C(c1ccccc1)(c1ccccc1)c1ccccc1C2=O.